The highest BCUT2D eigenvalue weighted by Gasteiger charge is 2.44. The molecule has 0 radical (unpaired) electrons. The van der Waals surface area contributed by atoms with Crippen LogP contribution in [0.5, 0.6) is 5.75 Å². The van der Waals surface area contributed by atoms with Gasteiger partial charge in [0.15, 0.2) is 0 Å². The standard InChI is InChI=1S/C27H35FN2O2/c1-21-9-4-7-18-30(21)19-8-20-32-23-14-12-22(13-15-23)29-26(31)27(16-5-6-17-27)24-10-2-3-11-25(24)28/h2-3,10-15,21H,4-9,16-20H2,1H3,(H,29,31)/t21-/m0/s1. The molecule has 1 amide bonds. The minimum atomic E-state index is -0.786. The van der Waals surface area contributed by atoms with Crippen molar-refractivity contribution in [3.8, 4) is 5.75 Å². The molecule has 4 rings (SSSR count). The lowest BCUT2D eigenvalue weighted by Gasteiger charge is -2.33. The van der Waals surface area contributed by atoms with Crippen molar-refractivity contribution in [3.63, 3.8) is 0 Å². The average molecular weight is 439 g/mol. The SMILES string of the molecule is C[C@H]1CCCCN1CCCOc1ccc(NC(=O)C2(c3ccccc3F)CCCC2)cc1. The topological polar surface area (TPSA) is 41.6 Å². The number of rotatable bonds is 8. The highest BCUT2D eigenvalue weighted by molar-refractivity contribution is 5.99. The third-order valence-electron chi connectivity index (χ3n) is 7.19. The summed E-state index contributed by atoms with van der Waals surface area (Å²) >= 11 is 0. The van der Waals surface area contributed by atoms with E-state index in [0.717, 1.165) is 31.6 Å². The van der Waals surface area contributed by atoms with Crippen LogP contribution >= 0.6 is 0 Å². The molecule has 1 aliphatic carbocycles. The number of hydrogen-bond acceptors (Lipinski definition) is 3. The summed E-state index contributed by atoms with van der Waals surface area (Å²) in [6.45, 7) is 5.28. The average Bonchev–Trinajstić information content (AvgIpc) is 3.30. The molecule has 32 heavy (non-hydrogen) atoms. The predicted molar refractivity (Wildman–Crippen MR) is 127 cm³/mol. The van der Waals surface area contributed by atoms with E-state index in [2.05, 4.69) is 17.1 Å². The first-order valence-corrected chi connectivity index (χ1v) is 12.1. The summed E-state index contributed by atoms with van der Waals surface area (Å²) in [6.07, 6.45) is 8.18. The van der Waals surface area contributed by atoms with E-state index in [4.69, 9.17) is 4.74 Å². The molecule has 172 valence electrons. The van der Waals surface area contributed by atoms with Crippen molar-refractivity contribution in [2.75, 3.05) is 25.0 Å². The molecule has 1 saturated carbocycles. The van der Waals surface area contributed by atoms with Crippen LogP contribution in [-0.2, 0) is 10.2 Å². The van der Waals surface area contributed by atoms with Crippen molar-refractivity contribution in [2.24, 2.45) is 0 Å². The third-order valence-corrected chi connectivity index (χ3v) is 7.19. The van der Waals surface area contributed by atoms with Crippen molar-refractivity contribution in [3.05, 3.63) is 59.9 Å². The van der Waals surface area contributed by atoms with Crippen LogP contribution in [0.1, 0.15) is 63.9 Å². The van der Waals surface area contributed by atoms with E-state index in [1.165, 1.54) is 31.9 Å². The van der Waals surface area contributed by atoms with Crippen LogP contribution in [0, 0.1) is 5.82 Å². The predicted octanol–water partition coefficient (Wildman–Crippen LogP) is 5.92. The lowest BCUT2D eigenvalue weighted by atomic mass is 9.77. The normalized spacial score (nSPS) is 20.8. The first-order valence-electron chi connectivity index (χ1n) is 12.1. The summed E-state index contributed by atoms with van der Waals surface area (Å²) < 4.78 is 20.4. The van der Waals surface area contributed by atoms with E-state index in [9.17, 15) is 9.18 Å². The molecular weight excluding hydrogens is 403 g/mol. The van der Waals surface area contributed by atoms with Gasteiger partial charge in [-0.05, 0) is 75.9 Å². The number of hydrogen-bond donors (Lipinski definition) is 1. The fourth-order valence-corrected chi connectivity index (χ4v) is 5.28. The zero-order valence-electron chi connectivity index (χ0n) is 19.1. The molecule has 5 heteroatoms. The Balaban J connectivity index is 1.31. The van der Waals surface area contributed by atoms with Gasteiger partial charge in [0.05, 0.1) is 12.0 Å². The monoisotopic (exact) mass is 438 g/mol. The number of ether oxygens (including phenoxy) is 1. The molecule has 1 saturated heterocycles. The molecule has 0 bridgehead atoms. The molecule has 2 aromatic rings. The number of amides is 1. The molecule has 1 heterocycles. The van der Waals surface area contributed by atoms with Gasteiger partial charge in [0, 0.05) is 23.8 Å². The van der Waals surface area contributed by atoms with Gasteiger partial charge >= 0.3 is 0 Å². The number of carbonyl (C=O) groups excluding carboxylic acids is 1. The van der Waals surface area contributed by atoms with E-state index >= 15 is 0 Å². The summed E-state index contributed by atoms with van der Waals surface area (Å²) in [4.78, 5) is 15.8. The Morgan fingerprint density at radius 1 is 1.09 bits per heavy atom. The van der Waals surface area contributed by atoms with Crippen molar-refractivity contribution >= 4 is 11.6 Å². The Morgan fingerprint density at radius 2 is 1.84 bits per heavy atom. The number of nitrogens with one attached hydrogen (secondary N) is 1. The highest BCUT2D eigenvalue weighted by Crippen LogP contribution is 2.43. The van der Waals surface area contributed by atoms with E-state index in [1.54, 1.807) is 12.1 Å². The first-order chi connectivity index (χ1) is 15.6. The van der Waals surface area contributed by atoms with Gasteiger partial charge in [-0.25, -0.2) is 4.39 Å². The van der Waals surface area contributed by atoms with Crippen LogP contribution in [0.25, 0.3) is 0 Å². The lowest BCUT2D eigenvalue weighted by molar-refractivity contribution is -0.121. The Morgan fingerprint density at radius 3 is 2.56 bits per heavy atom. The van der Waals surface area contributed by atoms with Crippen LogP contribution < -0.4 is 10.1 Å². The van der Waals surface area contributed by atoms with Crippen molar-refractivity contribution in [2.45, 2.75) is 69.7 Å². The van der Waals surface area contributed by atoms with Crippen LogP contribution in [0.3, 0.4) is 0 Å². The maximum absolute atomic E-state index is 14.5. The molecule has 4 nitrogen and oxygen atoms in total. The van der Waals surface area contributed by atoms with Crippen LogP contribution in [0.2, 0.25) is 0 Å². The molecule has 2 aliphatic rings. The second-order valence-corrected chi connectivity index (χ2v) is 9.33. The maximum Gasteiger partial charge on any atom is 0.235 e. The second kappa shape index (κ2) is 10.5. The largest absolute Gasteiger partial charge is 0.494 e. The van der Waals surface area contributed by atoms with Gasteiger partial charge in [-0.3, -0.25) is 4.79 Å². The van der Waals surface area contributed by atoms with Crippen LogP contribution in [0.4, 0.5) is 10.1 Å². The number of piperidine rings is 1. The Labute approximate surface area is 191 Å². The molecule has 0 aromatic heterocycles. The highest BCUT2D eigenvalue weighted by atomic mass is 19.1. The summed E-state index contributed by atoms with van der Waals surface area (Å²) in [5.41, 5.74) is 0.441. The number of anilines is 1. The number of likely N-dealkylation sites (tertiary alicyclic amines) is 1. The number of halogens is 1. The Kier molecular flexibility index (Phi) is 7.46. The smallest absolute Gasteiger partial charge is 0.235 e. The summed E-state index contributed by atoms with van der Waals surface area (Å²) in [5.74, 6) is 0.385. The molecular formula is C27H35FN2O2. The van der Waals surface area contributed by atoms with Gasteiger partial charge in [-0.2, -0.15) is 0 Å². The quantitative estimate of drug-likeness (QED) is 0.520. The summed E-state index contributed by atoms with van der Waals surface area (Å²) in [5, 5.41) is 3.02. The zero-order chi connectivity index (χ0) is 22.4. The first kappa shape index (κ1) is 22.8. The summed E-state index contributed by atoms with van der Waals surface area (Å²) in [7, 11) is 0. The molecule has 0 unspecified atom stereocenters. The maximum atomic E-state index is 14.5. The number of benzene rings is 2. The lowest BCUT2D eigenvalue weighted by Crippen LogP contribution is -2.38. The fraction of sp³-hybridized carbons (Fsp3) is 0.519. The minimum absolute atomic E-state index is 0.121. The van der Waals surface area contributed by atoms with E-state index in [0.29, 0.717) is 36.7 Å². The van der Waals surface area contributed by atoms with Gasteiger partial charge in [0.2, 0.25) is 5.91 Å². The Hall–Kier alpha value is -2.40. The molecule has 2 aromatic carbocycles. The van der Waals surface area contributed by atoms with Gasteiger partial charge in [-0.1, -0.05) is 37.5 Å². The fourth-order valence-electron chi connectivity index (χ4n) is 5.28. The van der Waals surface area contributed by atoms with E-state index in [1.807, 2.05) is 30.3 Å². The van der Waals surface area contributed by atoms with Crippen LogP contribution in [-0.4, -0.2) is 36.5 Å². The Bertz CT molecular complexity index is 893. The van der Waals surface area contributed by atoms with Crippen LogP contribution in [0.15, 0.2) is 48.5 Å². The number of nitrogens with zero attached hydrogens (tertiary/aromatic N) is 1. The van der Waals surface area contributed by atoms with Gasteiger partial charge < -0.3 is 15.0 Å². The van der Waals surface area contributed by atoms with Gasteiger partial charge in [0.25, 0.3) is 0 Å². The van der Waals surface area contributed by atoms with E-state index < -0.39 is 5.41 Å². The molecule has 1 atom stereocenters. The number of carbonyl (C=O) groups is 1. The summed E-state index contributed by atoms with van der Waals surface area (Å²) in [6, 6.07) is 14.9. The zero-order valence-corrected chi connectivity index (χ0v) is 19.1. The van der Waals surface area contributed by atoms with Crippen molar-refractivity contribution in [1.82, 2.24) is 4.90 Å². The van der Waals surface area contributed by atoms with Gasteiger partial charge in [0.1, 0.15) is 11.6 Å². The molecule has 1 aliphatic heterocycles. The molecule has 0 spiro atoms. The van der Waals surface area contributed by atoms with Crippen molar-refractivity contribution < 1.29 is 13.9 Å². The second-order valence-electron chi connectivity index (χ2n) is 9.33. The van der Waals surface area contributed by atoms with Gasteiger partial charge in [-0.15, -0.1) is 0 Å². The van der Waals surface area contributed by atoms with Crippen molar-refractivity contribution in [1.29, 1.82) is 0 Å². The minimum Gasteiger partial charge on any atom is -0.494 e. The molecule has 2 fully saturated rings. The molecule has 1 N–H and O–H groups in total. The third kappa shape index (κ3) is 5.15. The van der Waals surface area contributed by atoms with E-state index in [-0.39, 0.29) is 11.7 Å².